The number of amides is 1. The molecule has 4 heterocycles. The Morgan fingerprint density at radius 1 is 1.16 bits per heavy atom. The predicted octanol–water partition coefficient (Wildman–Crippen LogP) is 6.36. The van der Waals surface area contributed by atoms with Gasteiger partial charge in [0.15, 0.2) is 21.8 Å². The van der Waals surface area contributed by atoms with E-state index in [1.165, 1.54) is 28.7 Å². The number of hydrogen-bond acceptors (Lipinski definition) is 7. The predicted molar refractivity (Wildman–Crippen MR) is 127 cm³/mol. The third-order valence-electron chi connectivity index (χ3n) is 4.90. The Labute approximate surface area is 192 Å². The lowest BCUT2D eigenvalue weighted by molar-refractivity contribution is -0.115. The maximum atomic E-state index is 13.0. The summed E-state index contributed by atoms with van der Waals surface area (Å²) in [6.07, 6.45) is 3.84. The summed E-state index contributed by atoms with van der Waals surface area (Å²) in [5.41, 5.74) is 3.40. The van der Waals surface area contributed by atoms with Crippen LogP contribution in [0.4, 0.5) is 5.13 Å². The van der Waals surface area contributed by atoms with E-state index in [9.17, 15) is 4.79 Å². The first-order valence-electron chi connectivity index (χ1n) is 10.1. The van der Waals surface area contributed by atoms with Crippen molar-refractivity contribution in [3.63, 3.8) is 0 Å². The van der Waals surface area contributed by atoms with Crippen LogP contribution in [-0.2, 0) is 4.79 Å². The van der Waals surface area contributed by atoms with Gasteiger partial charge in [0.05, 0.1) is 28.0 Å². The lowest BCUT2D eigenvalue weighted by Crippen LogP contribution is -2.24. The van der Waals surface area contributed by atoms with Crippen molar-refractivity contribution in [2.75, 3.05) is 5.32 Å². The Hall–Kier alpha value is -3.30. The number of aromatic nitrogens is 3. The van der Waals surface area contributed by atoms with E-state index in [2.05, 4.69) is 21.4 Å². The lowest BCUT2D eigenvalue weighted by atomic mass is 10.2. The summed E-state index contributed by atoms with van der Waals surface area (Å²) in [7, 11) is 0. The fourth-order valence-electron chi connectivity index (χ4n) is 3.33. The number of carbonyl (C=O) groups excluding carboxylic acids is 1. The maximum absolute atomic E-state index is 13.0. The van der Waals surface area contributed by atoms with Gasteiger partial charge >= 0.3 is 0 Å². The Bertz CT molecular complexity index is 1300. The minimum absolute atomic E-state index is 0.108. The number of imidazole rings is 1. The third kappa shape index (κ3) is 4.09. The zero-order chi connectivity index (χ0) is 22.1. The monoisotopic (exact) mass is 464 g/mol. The van der Waals surface area contributed by atoms with Crippen LogP contribution in [0.2, 0.25) is 0 Å². The molecular weight excluding hydrogens is 444 g/mol. The number of hydrogen-bond donors (Lipinski definition) is 2. The Morgan fingerprint density at radius 2 is 1.94 bits per heavy atom. The zero-order valence-electron chi connectivity index (χ0n) is 17.4. The second-order valence-corrected chi connectivity index (χ2v) is 9.44. The van der Waals surface area contributed by atoms with Crippen LogP contribution in [0.15, 0.2) is 69.0 Å². The van der Waals surface area contributed by atoms with Gasteiger partial charge < -0.3 is 19.1 Å². The fourth-order valence-corrected chi connectivity index (χ4v) is 5.20. The number of carbonyl (C=O) groups is 1. The molecule has 1 amide bonds. The molecule has 0 radical (unpaired) electrons. The van der Waals surface area contributed by atoms with Gasteiger partial charge in [0.25, 0.3) is 0 Å². The molecule has 0 aliphatic carbocycles. The Morgan fingerprint density at radius 3 is 2.66 bits per heavy atom. The molecule has 1 aromatic carbocycles. The number of fused-ring (bicyclic) bond motifs is 1. The van der Waals surface area contributed by atoms with Crippen LogP contribution in [-0.4, -0.2) is 26.1 Å². The Kier molecular flexibility index (Phi) is 5.59. The summed E-state index contributed by atoms with van der Waals surface area (Å²) in [5, 5.41) is 3.84. The number of aryl methyl sites for hydroxylation is 1. The molecule has 0 bridgehead atoms. The molecule has 9 heteroatoms. The molecule has 0 saturated heterocycles. The van der Waals surface area contributed by atoms with Crippen LogP contribution in [0.3, 0.4) is 0 Å². The highest BCUT2D eigenvalue weighted by molar-refractivity contribution is 8.00. The molecule has 32 heavy (non-hydrogen) atoms. The summed E-state index contributed by atoms with van der Waals surface area (Å²) in [6.45, 7) is 4.02. The van der Waals surface area contributed by atoms with Crippen LogP contribution in [0.5, 0.6) is 0 Å². The molecule has 1 unspecified atom stereocenters. The quantitative estimate of drug-likeness (QED) is 0.272. The molecule has 0 saturated carbocycles. The van der Waals surface area contributed by atoms with E-state index in [1.54, 1.807) is 12.5 Å². The molecule has 0 aliphatic heterocycles. The average Bonchev–Trinajstić information content (AvgIpc) is 3.57. The number of benzene rings is 1. The van der Waals surface area contributed by atoms with Crippen molar-refractivity contribution in [1.82, 2.24) is 15.0 Å². The van der Waals surface area contributed by atoms with Gasteiger partial charge in [-0.25, -0.2) is 9.97 Å². The van der Waals surface area contributed by atoms with Crippen molar-refractivity contribution in [3.05, 3.63) is 60.6 Å². The molecule has 1 atom stereocenters. The van der Waals surface area contributed by atoms with E-state index in [4.69, 9.17) is 13.8 Å². The van der Waals surface area contributed by atoms with E-state index in [-0.39, 0.29) is 11.2 Å². The van der Waals surface area contributed by atoms with Gasteiger partial charge in [-0.2, -0.15) is 0 Å². The second-order valence-electron chi connectivity index (χ2n) is 7.21. The highest BCUT2D eigenvalue weighted by Crippen LogP contribution is 2.35. The van der Waals surface area contributed by atoms with E-state index in [0.29, 0.717) is 39.6 Å². The molecule has 0 fully saturated rings. The molecule has 5 rings (SSSR count). The third-order valence-corrected chi connectivity index (χ3v) is 7.08. The topological polar surface area (TPSA) is 97.0 Å². The number of nitrogens with zero attached hydrogens (tertiary/aromatic N) is 2. The molecule has 7 nitrogen and oxygen atoms in total. The van der Waals surface area contributed by atoms with Crippen molar-refractivity contribution < 1.29 is 13.6 Å². The fraction of sp³-hybridized carbons (Fsp3) is 0.174. The van der Waals surface area contributed by atoms with Gasteiger partial charge in [-0.3, -0.25) is 4.79 Å². The summed E-state index contributed by atoms with van der Waals surface area (Å²) in [6, 6.07) is 13.4. The van der Waals surface area contributed by atoms with Crippen molar-refractivity contribution in [2.45, 2.75) is 30.7 Å². The van der Waals surface area contributed by atoms with Crippen LogP contribution in [0.1, 0.15) is 18.9 Å². The first kappa shape index (κ1) is 20.6. The molecule has 0 spiro atoms. The molecule has 2 N–H and O–H groups in total. The summed E-state index contributed by atoms with van der Waals surface area (Å²) >= 11 is 2.85. The van der Waals surface area contributed by atoms with Crippen molar-refractivity contribution in [2.24, 2.45) is 0 Å². The molecule has 0 aliphatic rings. The average molecular weight is 465 g/mol. The smallest absolute Gasteiger partial charge is 0.239 e. The largest absolute Gasteiger partial charge is 0.463 e. The van der Waals surface area contributed by atoms with Gasteiger partial charge in [0.1, 0.15) is 11.4 Å². The molecule has 5 aromatic rings. The normalized spacial score (nSPS) is 12.3. The SMILES string of the molecule is CCC(Sc1nc(-c2ccco2)c(-c2ccco2)[nH]1)C(=O)Nc1nc2ccc(C)cc2s1. The van der Waals surface area contributed by atoms with Crippen LogP contribution in [0.25, 0.3) is 33.1 Å². The van der Waals surface area contributed by atoms with E-state index < -0.39 is 0 Å². The molecular formula is C23H20N4O3S2. The number of anilines is 1. The van der Waals surface area contributed by atoms with Crippen LogP contribution >= 0.6 is 23.1 Å². The van der Waals surface area contributed by atoms with Crippen molar-refractivity contribution in [3.8, 4) is 22.9 Å². The van der Waals surface area contributed by atoms with Crippen molar-refractivity contribution in [1.29, 1.82) is 0 Å². The van der Waals surface area contributed by atoms with E-state index in [1.807, 2.05) is 50.2 Å². The highest BCUT2D eigenvalue weighted by atomic mass is 32.2. The lowest BCUT2D eigenvalue weighted by Gasteiger charge is -2.11. The van der Waals surface area contributed by atoms with E-state index in [0.717, 1.165) is 10.2 Å². The second kappa shape index (κ2) is 8.68. The summed E-state index contributed by atoms with van der Waals surface area (Å²) in [4.78, 5) is 25.5. The number of thioether (sulfide) groups is 1. The first-order valence-corrected chi connectivity index (χ1v) is 11.8. The van der Waals surface area contributed by atoms with Crippen molar-refractivity contribution >= 4 is 44.4 Å². The maximum Gasteiger partial charge on any atom is 0.239 e. The van der Waals surface area contributed by atoms with Crippen LogP contribution < -0.4 is 5.32 Å². The summed E-state index contributed by atoms with van der Waals surface area (Å²) in [5.74, 6) is 1.17. The number of furan rings is 2. The molecule has 162 valence electrons. The zero-order valence-corrected chi connectivity index (χ0v) is 19.0. The number of aromatic amines is 1. The summed E-state index contributed by atoms with van der Waals surface area (Å²) < 4.78 is 12.2. The number of thiazole rings is 1. The van der Waals surface area contributed by atoms with Gasteiger partial charge in [0.2, 0.25) is 5.91 Å². The van der Waals surface area contributed by atoms with Gasteiger partial charge in [0, 0.05) is 0 Å². The molecule has 4 aromatic heterocycles. The van der Waals surface area contributed by atoms with Gasteiger partial charge in [-0.15, -0.1) is 0 Å². The van der Waals surface area contributed by atoms with Crippen LogP contribution in [0, 0.1) is 6.92 Å². The minimum atomic E-state index is -0.344. The highest BCUT2D eigenvalue weighted by Gasteiger charge is 2.24. The van der Waals surface area contributed by atoms with Gasteiger partial charge in [-0.1, -0.05) is 36.1 Å². The minimum Gasteiger partial charge on any atom is -0.463 e. The van der Waals surface area contributed by atoms with Gasteiger partial charge in [-0.05, 0) is 55.3 Å². The number of H-pyrrole nitrogens is 1. The number of rotatable bonds is 7. The van der Waals surface area contributed by atoms with E-state index >= 15 is 0 Å². The first-order chi connectivity index (χ1) is 15.6. The standard InChI is InChI=1S/C23H20N4O3S2/c1-3-17(21(28)27-22-24-14-9-8-13(2)12-18(14)32-22)31-23-25-19(15-6-4-10-29-15)20(26-23)16-7-5-11-30-16/h4-12,17H,3H2,1-2H3,(H,25,26)(H,24,27,28). The Balaban J connectivity index is 1.38. The number of nitrogens with one attached hydrogen (secondary N) is 2.